The molecule has 2 rings (SSSR count). The Kier molecular flexibility index (Phi) is 11.2. The molecule has 1 heterocycles. The van der Waals surface area contributed by atoms with Crippen LogP contribution in [0.4, 0.5) is 0 Å². The number of rotatable bonds is 6. The Morgan fingerprint density at radius 2 is 1.52 bits per heavy atom. The van der Waals surface area contributed by atoms with Gasteiger partial charge in [0.05, 0.1) is 12.2 Å². The topological polar surface area (TPSA) is 32.7 Å². The van der Waals surface area contributed by atoms with Gasteiger partial charge in [0, 0.05) is 25.7 Å². The van der Waals surface area contributed by atoms with Crippen LogP contribution in [0.25, 0.3) is 0 Å². The van der Waals surface area contributed by atoms with Crippen LogP contribution in [-0.2, 0) is 4.74 Å². The third-order valence-electron chi connectivity index (χ3n) is 5.46. The van der Waals surface area contributed by atoms with Gasteiger partial charge < -0.3 is 14.7 Å². The maximum absolute atomic E-state index is 8.37. The summed E-state index contributed by atoms with van der Waals surface area (Å²) in [5.41, 5.74) is 0. The van der Waals surface area contributed by atoms with Crippen molar-refractivity contribution < 1.29 is 9.84 Å². The number of aliphatic hydroxyl groups excluding tert-OH is 1. The van der Waals surface area contributed by atoms with E-state index in [1.54, 1.807) is 0 Å². The van der Waals surface area contributed by atoms with Gasteiger partial charge in [-0.3, -0.25) is 0 Å². The average Bonchev–Trinajstić information content (AvgIpc) is 2.57. The second-order valence-corrected chi connectivity index (χ2v) is 7.75. The Hall–Kier alpha value is -0.120. The van der Waals surface area contributed by atoms with Crippen LogP contribution < -0.4 is 0 Å². The van der Waals surface area contributed by atoms with Crippen molar-refractivity contribution in [2.24, 2.45) is 5.92 Å². The molecule has 3 heteroatoms. The molecule has 0 spiro atoms. The van der Waals surface area contributed by atoms with Crippen molar-refractivity contribution >= 4 is 0 Å². The third-order valence-corrected chi connectivity index (χ3v) is 5.46. The first-order valence-electron chi connectivity index (χ1n) is 10.1. The lowest BCUT2D eigenvalue weighted by molar-refractivity contribution is -0.0586. The summed E-state index contributed by atoms with van der Waals surface area (Å²) < 4.78 is 6.23. The molecule has 0 bridgehead atoms. The molecule has 1 aliphatic carbocycles. The molecule has 3 nitrogen and oxygen atoms in total. The smallest absolute Gasteiger partial charge is 0.0603 e. The van der Waals surface area contributed by atoms with Crippen LogP contribution >= 0.6 is 0 Å². The molecule has 0 aromatic rings. The number of aliphatic hydroxyl groups is 1. The number of hydrogen-bond acceptors (Lipinski definition) is 3. The van der Waals surface area contributed by atoms with E-state index in [0.717, 1.165) is 6.42 Å². The average molecular weight is 328 g/mol. The van der Waals surface area contributed by atoms with E-state index in [1.165, 1.54) is 64.5 Å². The van der Waals surface area contributed by atoms with Crippen molar-refractivity contribution in [3.05, 3.63) is 0 Å². The second-order valence-electron chi connectivity index (χ2n) is 7.75. The molecule has 0 amide bonds. The van der Waals surface area contributed by atoms with Crippen LogP contribution in [0.5, 0.6) is 0 Å². The van der Waals surface area contributed by atoms with E-state index in [1.807, 2.05) is 0 Å². The Labute approximate surface area is 144 Å². The number of likely N-dealkylation sites (tertiary alicyclic amines) is 1. The van der Waals surface area contributed by atoms with Crippen LogP contribution in [0.2, 0.25) is 0 Å². The van der Waals surface area contributed by atoms with Crippen molar-refractivity contribution in [3.63, 3.8) is 0 Å². The number of piperidine rings is 1. The minimum Gasteiger partial charge on any atom is -0.396 e. The van der Waals surface area contributed by atoms with E-state index >= 15 is 0 Å². The van der Waals surface area contributed by atoms with E-state index in [9.17, 15) is 0 Å². The van der Waals surface area contributed by atoms with Crippen molar-refractivity contribution in [1.82, 2.24) is 4.90 Å². The predicted molar refractivity (Wildman–Crippen MR) is 98.8 cm³/mol. The van der Waals surface area contributed by atoms with Gasteiger partial charge in [-0.1, -0.05) is 39.5 Å². The molecule has 1 saturated carbocycles. The number of hydrogen-bond donors (Lipinski definition) is 1. The lowest BCUT2D eigenvalue weighted by Crippen LogP contribution is -2.42. The van der Waals surface area contributed by atoms with Crippen molar-refractivity contribution in [2.75, 3.05) is 19.7 Å². The summed E-state index contributed by atoms with van der Waals surface area (Å²) in [5, 5.41) is 8.37. The fourth-order valence-electron chi connectivity index (χ4n) is 3.43. The zero-order chi connectivity index (χ0) is 17.1. The minimum atomic E-state index is 0.342. The Morgan fingerprint density at radius 3 is 1.96 bits per heavy atom. The molecular formula is C20H41NO2. The normalized spacial score (nSPS) is 22.7. The Morgan fingerprint density at radius 1 is 0.957 bits per heavy atom. The maximum Gasteiger partial charge on any atom is 0.0603 e. The van der Waals surface area contributed by atoms with Crippen LogP contribution in [0.3, 0.4) is 0 Å². The first kappa shape index (κ1) is 20.9. The molecule has 1 N–H and O–H groups in total. The molecule has 1 unspecified atom stereocenters. The van der Waals surface area contributed by atoms with Crippen molar-refractivity contribution in [3.8, 4) is 0 Å². The first-order chi connectivity index (χ1) is 11.1. The molecule has 138 valence electrons. The highest BCUT2D eigenvalue weighted by atomic mass is 16.5. The van der Waals surface area contributed by atoms with Crippen molar-refractivity contribution in [2.45, 2.75) is 104 Å². The van der Waals surface area contributed by atoms with Crippen LogP contribution in [0.15, 0.2) is 0 Å². The van der Waals surface area contributed by atoms with E-state index < -0.39 is 0 Å². The molecule has 1 atom stereocenters. The fourth-order valence-corrected chi connectivity index (χ4v) is 3.43. The van der Waals surface area contributed by atoms with E-state index in [0.29, 0.717) is 30.8 Å². The van der Waals surface area contributed by atoms with E-state index in [4.69, 9.17) is 9.84 Å². The SMILES string of the molecule is CC(C)N1CCC(OC2CCCCC2)CC1.CCC(C)CCO. The van der Waals surface area contributed by atoms with Crippen LogP contribution in [0, 0.1) is 5.92 Å². The summed E-state index contributed by atoms with van der Waals surface area (Å²) in [5.74, 6) is 0.699. The zero-order valence-corrected chi connectivity index (χ0v) is 16.1. The summed E-state index contributed by atoms with van der Waals surface area (Å²) in [7, 11) is 0. The molecule has 23 heavy (non-hydrogen) atoms. The monoisotopic (exact) mass is 327 g/mol. The first-order valence-corrected chi connectivity index (χ1v) is 10.1. The molecule has 0 aromatic carbocycles. The lowest BCUT2D eigenvalue weighted by atomic mass is 9.97. The summed E-state index contributed by atoms with van der Waals surface area (Å²) in [4.78, 5) is 2.57. The van der Waals surface area contributed by atoms with Gasteiger partial charge in [0.15, 0.2) is 0 Å². The molecular weight excluding hydrogens is 286 g/mol. The number of ether oxygens (including phenoxy) is 1. The quantitative estimate of drug-likeness (QED) is 0.772. The predicted octanol–water partition coefficient (Wildman–Crippen LogP) is 4.62. The molecule has 1 aliphatic heterocycles. The van der Waals surface area contributed by atoms with Crippen LogP contribution in [0.1, 0.15) is 85.5 Å². The van der Waals surface area contributed by atoms with Crippen LogP contribution in [-0.4, -0.2) is 48.0 Å². The number of nitrogens with zero attached hydrogens (tertiary/aromatic N) is 1. The summed E-state index contributed by atoms with van der Waals surface area (Å²) >= 11 is 0. The highest BCUT2D eigenvalue weighted by molar-refractivity contribution is 4.76. The van der Waals surface area contributed by atoms with Gasteiger partial charge in [0.1, 0.15) is 0 Å². The molecule has 1 saturated heterocycles. The van der Waals surface area contributed by atoms with Gasteiger partial charge in [-0.2, -0.15) is 0 Å². The molecule has 0 aromatic heterocycles. The van der Waals surface area contributed by atoms with Gasteiger partial charge in [0.25, 0.3) is 0 Å². The van der Waals surface area contributed by atoms with Gasteiger partial charge in [-0.15, -0.1) is 0 Å². The minimum absolute atomic E-state index is 0.342. The second kappa shape index (κ2) is 12.3. The largest absolute Gasteiger partial charge is 0.396 e. The van der Waals surface area contributed by atoms with Gasteiger partial charge >= 0.3 is 0 Å². The van der Waals surface area contributed by atoms with Gasteiger partial charge in [-0.25, -0.2) is 0 Å². The van der Waals surface area contributed by atoms with E-state index in [-0.39, 0.29) is 0 Å². The Bertz CT molecular complexity index is 269. The summed E-state index contributed by atoms with van der Waals surface area (Å²) in [6.45, 7) is 11.7. The summed E-state index contributed by atoms with van der Waals surface area (Å²) in [6.07, 6.45) is 12.6. The summed E-state index contributed by atoms with van der Waals surface area (Å²) in [6, 6.07) is 0.704. The third kappa shape index (κ3) is 9.07. The zero-order valence-electron chi connectivity index (χ0n) is 16.1. The Balaban J connectivity index is 0.000000322. The molecule has 2 aliphatic rings. The van der Waals surface area contributed by atoms with Gasteiger partial charge in [0.2, 0.25) is 0 Å². The van der Waals surface area contributed by atoms with E-state index in [2.05, 4.69) is 32.6 Å². The lowest BCUT2D eigenvalue weighted by Gasteiger charge is -2.36. The molecule has 0 radical (unpaired) electrons. The highest BCUT2D eigenvalue weighted by Crippen LogP contribution is 2.25. The maximum atomic E-state index is 8.37. The van der Waals surface area contributed by atoms with Crippen molar-refractivity contribution in [1.29, 1.82) is 0 Å². The highest BCUT2D eigenvalue weighted by Gasteiger charge is 2.24. The molecule has 2 fully saturated rings. The van der Waals surface area contributed by atoms with Gasteiger partial charge in [-0.05, 0) is 51.9 Å². The fraction of sp³-hybridized carbons (Fsp3) is 1.00. The standard InChI is InChI=1S/C14H27NO.C6H14O/c1-12(2)15-10-8-14(9-11-15)16-13-6-4-3-5-7-13;1-3-6(2)4-5-7/h12-14H,3-11H2,1-2H3;6-7H,3-5H2,1-2H3.